The van der Waals surface area contributed by atoms with Crippen LogP contribution in [0.2, 0.25) is 0 Å². The highest BCUT2D eigenvalue weighted by molar-refractivity contribution is 5.89. The van der Waals surface area contributed by atoms with Gasteiger partial charge in [0.15, 0.2) is 5.82 Å². The molecular formula is C20H20F3N5O. The lowest BCUT2D eigenvalue weighted by Crippen LogP contribution is -2.44. The topological polar surface area (TPSA) is 57.3 Å². The molecule has 29 heavy (non-hydrogen) atoms. The first-order chi connectivity index (χ1) is 13.9. The van der Waals surface area contributed by atoms with Gasteiger partial charge in [-0.3, -0.25) is 10.1 Å². The van der Waals surface area contributed by atoms with Crippen molar-refractivity contribution < 1.29 is 17.9 Å². The molecule has 1 aromatic carbocycles. The van der Waals surface area contributed by atoms with Crippen LogP contribution in [0.25, 0.3) is 22.4 Å². The molecule has 1 saturated heterocycles. The number of hydrogen-bond donors (Lipinski definition) is 1. The van der Waals surface area contributed by atoms with Crippen molar-refractivity contribution in [3.8, 4) is 28.1 Å². The molecule has 0 bridgehead atoms. The zero-order chi connectivity index (χ0) is 20.4. The lowest BCUT2D eigenvalue weighted by Gasteiger charge is -2.33. The Hall–Kier alpha value is -3.07. The summed E-state index contributed by atoms with van der Waals surface area (Å²) >= 11 is 0. The summed E-state index contributed by atoms with van der Waals surface area (Å²) in [4.78, 5) is 8.56. The zero-order valence-corrected chi connectivity index (χ0v) is 15.8. The molecule has 1 fully saturated rings. The number of H-pyrrole nitrogens is 1. The number of halogens is 3. The number of benzene rings is 1. The Kier molecular flexibility index (Phi) is 5.14. The Bertz CT molecular complexity index is 948. The van der Waals surface area contributed by atoms with Crippen molar-refractivity contribution >= 4 is 5.82 Å². The van der Waals surface area contributed by atoms with Crippen LogP contribution in [0.1, 0.15) is 0 Å². The molecule has 1 N–H and O–H groups in total. The Morgan fingerprint density at radius 3 is 2.21 bits per heavy atom. The van der Waals surface area contributed by atoms with Crippen LogP contribution >= 0.6 is 0 Å². The van der Waals surface area contributed by atoms with Gasteiger partial charge in [0, 0.05) is 44.1 Å². The van der Waals surface area contributed by atoms with Crippen LogP contribution in [0.3, 0.4) is 0 Å². The van der Waals surface area contributed by atoms with Crippen molar-refractivity contribution in [1.29, 1.82) is 0 Å². The maximum atomic E-state index is 12.4. The first-order valence-corrected chi connectivity index (χ1v) is 9.19. The predicted octanol–water partition coefficient (Wildman–Crippen LogP) is 3.79. The summed E-state index contributed by atoms with van der Waals surface area (Å²) in [6.07, 6.45) is -1.30. The van der Waals surface area contributed by atoms with Gasteiger partial charge in [0.05, 0.1) is 11.3 Å². The fourth-order valence-electron chi connectivity index (χ4n) is 3.40. The number of pyridine rings is 1. The number of ether oxygens (including phenoxy) is 1. The molecule has 0 saturated carbocycles. The van der Waals surface area contributed by atoms with Crippen molar-refractivity contribution in [3.05, 3.63) is 48.8 Å². The summed E-state index contributed by atoms with van der Waals surface area (Å²) in [7, 11) is 2.08. The molecule has 3 aromatic rings. The van der Waals surface area contributed by atoms with Gasteiger partial charge in [0.2, 0.25) is 0 Å². The van der Waals surface area contributed by atoms with E-state index >= 15 is 0 Å². The Balaban J connectivity index is 1.72. The number of nitrogens with one attached hydrogen (secondary N) is 1. The highest BCUT2D eigenvalue weighted by Crippen LogP contribution is 2.38. The van der Waals surface area contributed by atoms with Crippen molar-refractivity contribution in [2.24, 2.45) is 0 Å². The van der Waals surface area contributed by atoms with E-state index in [0.29, 0.717) is 0 Å². The number of likely N-dealkylation sites (N-methyl/N-ethyl adjacent to an activating group) is 1. The van der Waals surface area contributed by atoms with Crippen LogP contribution in [-0.4, -0.2) is 59.7 Å². The van der Waals surface area contributed by atoms with E-state index in [0.717, 1.165) is 54.4 Å². The third-order valence-electron chi connectivity index (χ3n) is 4.90. The van der Waals surface area contributed by atoms with Gasteiger partial charge < -0.3 is 14.5 Å². The van der Waals surface area contributed by atoms with Crippen LogP contribution in [0, 0.1) is 0 Å². The van der Waals surface area contributed by atoms with Gasteiger partial charge in [-0.25, -0.2) is 0 Å². The van der Waals surface area contributed by atoms with Gasteiger partial charge >= 0.3 is 6.36 Å². The monoisotopic (exact) mass is 403 g/mol. The lowest BCUT2D eigenvalue weighted by atomic mass is 10.0. The second kappa shape index (κ2) is 7.75. The number of aromatic nitrogens is 3. The maximum absolute atomic E-state index is 12.4. The lowest BCUT2D eigenvalue weighted by molar-refractivity contribution is -0.274. The molecule has 0 spiro atoms. The maximum Gasteiger partial charge on any atom is 0.573 e. The van der Waals surface area contributed by atoms with Crippen LogP contribution in [0.4, 0.5) is 19.0 Å². The molecule has 6 nitrogen and oxygen atoms in total. The number of rotatable bonds is 4. The molecule has 9 heteroatoms. The summed E-state index contributed by atoms with van der Waals surface area (Å²) in [5, 5.41) is 7.63. The van der Waals surface area contributed by atoms with Gasteiger partial charge in [-0.05, 0) is 49.0 Å². The fraction of sp³-hybridized carbons (Fsp3) is 0.300. The van der Waals surface area contributed by atoms with E-state index in [4.69, 9.17) is 0 Å². The van der Waals surface area contributed by atoms with Gasteiger partial charge in [-0.15, -0.1) is 13.2 Å². The first-order valence-electron chi connectivity index (χ1n) is 9.19. The molecule has 0 unspecified atom stereocenters. The first kappa shape index (κ1) is 19.3. The van der Waals surface area contributed by atoms with Gasteiger partial charge in [-0.1, -0.05) is 0 Å². The van der Waals surface area contributed by atoms with E-state index in [2.05, 4.69) is 36.8 Å². The van der Waals surface area contributed by atoms with Crippen LogP contribution in [0.15, 0.2) is 48.8 Å². The minimum Gasteiger partial charge on any atom is -0.406 e. The molecule has 4 rings (SSSR count). The number of piperazine rings is 1. The van der Waals surface area contributed by atoms with Crippen LogP contribution in [-0.2, 0) is 0 Å². The quantitative estimate of drug-likeness (QED) is 0.718. The largest absolute Gasteiger partial charge is 0.573 e. The molecule has 152 valence electrons. The van der Waals surface area contributed by atoms with E-state index in [-0.39, 0.29) is 5.75 Å². The minimum absolute atomic E-state index is 0.259. The Labute approximate surface area is 165 Å². The molecule has 0 amide bonds. The number of hydrogen-bond acceptors (Lipinski definition) is 5. The molecule has 3 heterocycles. The molecule has 1 aliphatic rings. The minimum atomic E-state index is -4.72. The second-order valence-corrected chi connectivity index (χ2v) is 6.90. The second-order valence-electron chi connectivity index (χ2n) is 6.90. The fourth-order valence-corrected chi connectivity index (χ4v) is 3.40. The number of anilines is 1. The third-order valence-corrected chi connectivity index (χ3v) is 4.90. The van der Waals surface area contributed by atoms with E-state index in [9.17, 15) is 13.2 Å². The molecule has 0 radical (unpaired) electrons. The van der Waals surface area contributed by atoms with Crippen molar-refractivity contribution in [3.63, 3.8) is 0 Å². The molecule has 2 aromatic heterocycles. The van der Waals surface area contributed by atoms with E-state index in [1.807, 2.05) is 12.1 Å². The van der Waals surface area contributed by atoms with Gasteiger partial charge in [0.1, 0.15) is 5.75 Å². The van der Waals surface area contributed by atoms with Crippen LogP contribution in [0.5, 0.6) is 5.75 Å². The van der Waals surface area contributed by atoms with E-state index < -0.39 is 6.36 Å². The predicted molar refractivity (Wildman–Crippen MR) is 104 cm³/mol. The number of aromatic amines is 1. The van der Waals surface area contributed by atoms with Crippen molar-refractivity contribution in [2.75, 3.05) is 38.1 Å². The summed E-state index contributed by atoms with van der Waals surface area (Å²) in [5.74, 6) is 0.570. The summed E-state index contributed by atoms with van der Waals surface area (Å²) < 4.78 is 41.3. The third kappa shape index (κ3) is 4.34. The van der Waals surface area contributed by atoms with E-state index in [1.54, 1.807) is 24.5 Å². The molecule has 0 atom stereocenters. The number of nitrogens with zero attached hydrogens (tertiary/aromatic N) is 4. The van der Waals surface area contributed by atoms with E-state index in [1.165, 1.54) is 12.1 Å². The standard InChI is InChI=1S/C20H20F3N5O/c1-27-10-12-28(13-11-27)19-17(14-6-8-24-9-7-14)18(25-26-19)15-2-4-16(5-3-15)29-20(21,22)23/h2-9H,10-13H2,1H3,(H,25,26). The van der Waals surface area contributed by atoms with Crippen LogP contribution < -0.4 is 9.64 Å². The molecule has 0 aliphatic carbocycles. The average Bonchev–Trinajstić information content (AvgIpc) is 3.14. The average molecular weight is 403 g/mol. The normalized spacial score (nSPS) is 15.5. The van der Waals surface area contributed by atoms with Crippen molar-refractivity contribution in [1.82, 2.24) is 20.1 Å². The number of alkyl halides is 3. The Morgan fingerprint density at radius 2 is 1.59 bits per heavy atom. The van der Waals surface area contributed by atoms with Gasteiger partial charge in [0.25, 0.3) is 0 Å². The summed E-state index contributed by atoms with van der Waals surface area (Å²) in [6.45, 7) is 3.55. The van der Waals surface area contributed by atoms with Crippen molar-refractivity contribution in [2.45, 2.75) is 6.36 Å². The highest BCUT2D eigenvalue weighted by atomic mass is 19.4. The molecular weight excluding hydrogens is 383 g/mol. The summed E-state index contributed by atoms with van der Waals surface area (Å²) in [5.41, 5.74) is 3.30. The van der Waals surface area contributed by atoms with Gasteiger partial charge in [-0.2, -0.15) is 5.10 Å². The highest BCUT2D eigenvalue weighted by Gasteiger charge is 2.31. The zero-order valence-electron chi connectivity index (χ0n) is 15.8. The molecule has 1 aliphatic heterocycles. The SMILES string of the molecule is CN1CCN(c2n[nH]c(-c3ccc(OC(F)(F)F)cc3)c2-c2ccncc2)CC1. The smallest absolute Gasteiger partial charge is 0.406 e. The summed E-state index contributed by atoms with van der Waals surface area (Å²) in [6, 6.07) is 9.58. The Morgan fingerprint density at radius 1 is 0.931 bits per heavy atom.